The summed E-state index contributed by atoms with van der Waals surface area (Å²) in [5, 5.41) is 0. The van der Waals surface area contributed by atoms with Crippen LogP contribution in [0.1, 0.15) is 29.4 Å². The van der Waals surface area contributed by atoms with E-state index in [0.717, 1.165) is 36.6 Å². The van der Waals surface area contributed by atoms with Gasteiger partial charge in [0.1, 0.15) is 17.8 Å². The second-order valence-electron chi connectivity index (χ2n) is 6.53. The van der Waals surface area contributed by atoms with E-state index in [1.807, 2.05) is 53.4 Å². The van der Waals surface area contributed by atoms with Crippen molar-refractivity contribution < 1.29 is 4.79 Å². The number of aromatic nitrogens is 2. The molecule has 1 aromatic heterocycles. The lowest BCUT2D eigenvalue weighted by molar-refractivity contribution is 0.0980. The molecule has 2 aromatic carbocycles. The Morgan fingerprint density at radius 3 is 2.67 bits per heavy atom. The minimum Gasteiger partial charge on any atom is -0.327 e. The van der Waals surface area contributed by atoms with E-state index in [0.29, 0.717) is 12.2 Å². The predicted octanol–water partition coefficient (Wildman–Crippen LogP) is 4.23. The lowest BCUT2D eigenvalue weighted by atomic mass is 10.0. The summed E-state index contributed by atoms with van der Waals surface area (Å²) in [6.07, 6.45) is 3.45. The molecule has 3 aromatic rings. The van der Waals surface area contributed by atoms with Crippen molar-refractivity contribution in [3.63, 3.8) is 0 Å². The number of anilines is 3. The molecule has 0 fully saturated rings. The van der Waals surface area contributed by atoms with Crippen LogP contribution in [0.5, 0.6) is 0 Å². The maximum absolute atomic E-state index is 13.2. The number of aryl methyl sites for hydroxylation is 1. The van der Waals surface area contributed by atoms with Crippen molar-refractivity contribution in [2.24, 2.45) is 0 Å². The summed E-state index contributed by atoms with van der Waals surface area (Å²) in [7, 11) is 0. The standard InChI is InChI=1S/C22H22N4O/c1-2-25(18-11-4-3-5-12-18)21-15-19(23-16-24-21)22(27)26-14-8-10-17-9-6-7-13-20(17)26/h3-7,9,11-13,15-16H,2,8,10,14H2,1H3. The Morgan fingerprint density at radius 2 is 1.85 bits per heavy atom. The molecule has 5 heteroatoms. The van der Waals surface area contributed by atoms with E-state index in [2.05, 4.69) is 27.9 Å². The molecule has 136 valence electrons. The minimum atomic E-state index is -0.0742. The fourth-order valence-corrected chi connectivity index (χ4v) is 3.58. The summed E-state index contributed by atoms with van der Waals surface area (Å²) in [5.74, 6) is 0.655. The number of para-hydroxylation sites is 2. The molecule has 0 saturated carbocycles. The van der Waals surface area contributed by atoms with Gasteiger partial charge in [0, 0.05) is 30.5 Å². The van der Waals surface area contributed by atoms with Crippen molar-refractivity contribution in [3.8, 4) is 0 Å². The van der Waals surface area contributed by atoms with Crippen LogP contribution in [0.25, 0.3) is 0 Å². The smallest absolute Gasteiger partial charge is 0.277 e. The number of hydrogen-bond donors (Lipinski definition) is 0. The Bertz CT molecular complexity index is 942. The minimum absolute atomic E-state index is 0.0742. The second kappa shape index (κ2) is 7.58. The third-order valence-corrected chi connectivity index (χ3v) is 4.89. The molecule has 5 nitrogen and oxygen atoms in total. The normalized spacial score (nSPS) is 13.1. The fraction of sp³-hybridized carbons (Fsp3) is 0.227. The molecule has 0 atom stereocenters. The van der Waals surface area contributed by atoms with Crippen LogP contribution in [0, 0.1) is 0 Å². The van der Waals surface area contributed by atoms with Crippen molar-refractivity contribution in [1.82, 2.24) is 9.97 Å². The molecule has 27 heavy (non-hydrogen) atoms. The number of nitrogens with zero attached hydrogens (tertiary/aromatic N) is 4. The SMILES string of the molecule is CCN(c1ccccc1)c1cc(C(=O)N2CCCc3ccccc32)ncn1. The Balaban J connectivity index is 1.66. The van der Waals surface area contributed by atoms with Gasteiger partial charge >= 0.3 is 0 Å². The summed E-state index contributed by atoms with van der Waals surface area (Å²) in [5.41, 5.74) is 3.67. The maximum atomic E-state index is 13.2. The van der Waals surface area contributed by atoms with Gasteiger partial charge in [-0.2, -0.15) is 0 Å². The first kappa shape index (κ1) is 17.2. The average molecular weight is 358 g/mol. The van der Waals surface area contributed by atoms with Crippen molar-refractivity contribution >= 4 is 23.1 Å². The Labute approximate surface area is 159 Å². The van der Waals surface area contributed by atoms with Gasteiger partial charge in [0.2, 0.25) is 0 Å². The third kappa shape index (κ3) is 3.40. The zero-order valence-corrected chi connectivity index (χ0v) is 15.4. The molecule has 0 radical (unpaired) electrons. The van der Waals surface area contributed by atoms with Gasteiger partial charge in [0.05, 0.1) is 0 Å². The van der Waals surface area contributed by atoms with Crippen LogP contribution >= 0.6 is 0 Å². The topological polar surface area (TPSA) is 49.3 Å². The largest absolute Gasteiger partial charge is 0.327 e. The number of hydrogen-bond acceptors (Lipinski definition) is 4. The average Bonchev–Trinajstić information content (AvgIpc) is 2.74. The predicted molar refractivity (Wildman–Crippen MR) is 108 cm³/mol. The molecular formula is C22H22N4O. The number of fused-ring (bicyclic) bond motifs is 1. The van der Waals surface area contributed by atoms with Crippen LogP contribution in [0.2, 0.25) is 0 Å². The summed E-state index contributed by atoms with van der Waals surface area (Å²) in [6.45, 7) is 3.53. The Morgan fingerprint density at radius 1 is 1.07 bits per heavy atom. The molecular weight excluding hydrogens is 336 g/mol. The lowest BCUT2D eigenvalue weighted by Crippen LogP contribution is -2.36. The summed E-state index contributed by atoms with van der Waals surface area (Å²) < 4.78 is 0. The Hall–Kier alpha value is -3.21. The zero-order chi connectivity index (χ0) is 18.6. The van der Waals surface area contributed by atoms with E-state index in [9.17, 15) is 4.79 Å². The Kier molecular flexibility index (Phi) is 4.83. The van der Waals surface area contributed by atoms with Gasteiger partial charge in [-0.05, 0) is 43.5 Å². The van der Waals surface area contributed by atoms with Crippen molar-refractivity contribution in [2.45, 2.75) is 19.8 Å². The van der Waals surface area contributed by atoms with Crippen molar-refractivity contribution in [1.29, 1.82) is 0 Å². The van der Waals surface area contributed by atoms with E-state index < -0.39 is 0 Å². The van der Waals surface area contributed by atoms with Crippen LogP contribution in [-0.2, 0) is 6.42 Å². The quantitative estimate of drug-likeness (QED) is 0.700. The zero-order valence-electron chi connectivity index (χ0n) is 15.4. The van der Waals surface area contributed by atoms with E-state index >= 15 is 0 Å². The van der Waals surface area contributed by atoms with E-state index in [-0.39, 0.29) is 5.91 Å². The molecule has 1 amide bonds. The maximum Gasteiger partial charge on any atom is 0.277 e. The number of benzene rings is 2. The summed E-state index contributed by atoms with van der Waals surface area (Å²) in [4.78, 5) is 25.8. The van der Waals surface area contributed by atoms with Gasteiger partial charge in [0.25, 0.3) is 5.91 Å². The van der Waals surface area contributed by atoms with Gasteiger partial charge in [-0.3, -0.25) is 4.79 Å². The monoisotopic (exact) mass is 358 g/mol. The van der Waals surface area contributed by atoms with E-state index in [4.69, 9.17) is 0 Å². The van der Waals surface area contributed by atoms with Crippen LogP contribution in [0.4, 0.5) is 17.2 Å². The molecule has 4 rings (SSSR count). The number of carbonyl (C=O) groups is 1. The first-order valence-corrected chi connectivity index (χ1v) is 9.32. The highest BCUT2D eigenvalue weighted by molar-refractivity contribution is 6.05. The molecule has 0 unspecified atom stereocenters. The molecule has 1 aliphatic heterocycles. The number of rotatable bonds is 4. The summed E-state index contributed by atoms with van der Waals surface area (Å²) >= 11 is 0. The van der Waals surface area contributed by atoms with Crippen molar-refractivity contribution in [3.05, 3.63) is 78.2 Å². The van der Waals surface area contributed by atoms with Gasteiger partial charge in [-0.1, -0.05) is 36.4 Å². The highest BCUT2D eigenvalue weighted by atomic mass is 16.2. The fourth-order valence-electron chi connectivity index (χ4n) is 3.58. The van der Waals surface area contributed by atoms with Gasteiger partial charge in [0.15, 0.2) is 0 Å². The molecule has 0 N–H and O–H groups in total. The molecule has 0 saturated heterocycles. The third-order valence-electron chi connectivity index (χ3n) is 4.89. The van der Waals surface area contributed by atoms with Gasteiger partial charge in [-0.25, -0.2) is 9.97 Å². The second-order valence-corrected chi connectivity index (χ2v) is 6.53. The molecule has 0 bridgehead atoms. The highest BCUT2D eigenvalue weighted by Gasteiger charge is 2.25. The molecule has 2 heterocycles. The van der Waals surface area contributed by atoms with Gasteiger partial charge in [-0.15, -0.1) is 0 Å². The van der Waals surface area contributed by atoms with E-state index in [1.54, 1.807) is 6.07 Å². The first-order valence-electron chi connectivity index (χ1n) is 9.32. The molecule has 0 spiro atoms. The first-order chi connectivity index (χ1) is 13.3. The number of carbonyl (C=O) groups excluding carboxylic acids is 1. The van der Waals surface area contributed by atoms with Crippen molar-refractivity contribution in [2.75, 3.05) is 22.9 Å². The van der Waals surface area contributed by atoms with Crippen LogP contribution in [-0.4, -0.2) is 29.0 Å². The summed E-state index contributed by atoms with van der Waals surface area (Å²) in [6, 6.07) is 19.9. The van der Waals surface area contributed by atoms with Crippen LogP contribution < -0.4 is 9.80 Å². The van der Waals surface area contributed by atoms with E-state index in [1.165, 1.54) is 11.9 Å². The van der Waals surface area contributed by atoms with Crippen LogP contribution in [0.3, 0.4) is 0 Å². The highest BCUT2D eigenvalue weighted by Crippen LogP contribution is 2.29. The van der Waals surface area contributed by atoms with Gasteiger partial charge < -0.3 is 9.80 Å². The molecule has 1 aliphatic rings. The number of amides is 1. The van der Waals surface area contributed by atoms with Crippen LogP contribution in [0.15, 0.2) is 67.0 Å². The molecule has 0 aliphatic carbocycles. The lowest BCUT2D eigenvalue weighted by Gasteiger charge is -2.29.